The van der Waals surface area contributed by atoms with E-state index in [1.165, 1.54) is 21.1 Å². The average Bonchev–Trinajstić information content (AvgIpc) is 3.27. The number of amides is 1. The molecule has 0 unspecified atom stereocenters. The molecule has 0 fully saturated rings. The van der Waals surface area contributed by atoms with Gasteiger partial charge in [-0.2, -0.15) is 0 Å². The van der Waals surface area contributed by atoms with E-state index in [9.17, 15) is 19.2 Å². The van der Waals surface area contributed by atoms with Gasteiger partial charge in [0.15, 0.2) is 5.78 Å². The molecule has 0 radical (unpaired) electrons. The smallest absolute Gasteiger partial charge is 0.339 e. The van der Waals surface area contributed by atoms with Crippen LogP contribution in [-0.4, -0.2) is 49.4 Å². The number of nitrogens with zero attached hydrogens (tertiary/aromatic N) is 1. The molecule has 8 heteroatoms. The standard InChI is InChI=1S/C21H22N2O6/c1-11-18(21(27)29-4)15(22-19(11)12(2)24)10-17(25)23-8-7-13-9-14(20(26)28-3)5-6-16(13)23/h5-6,9,22H,7-8,10H2,1-4H3. The van der Waals surface area contributed by atoms with Crippen molar-refractivity contribution in [2.75, 3.05) is 25.7 Å². The summed E-state index contributed by atoms with van der Waals surface area (Å²) < 4.78 is 9.55. The van der Waals surface area contributed by atoms with Crippen LogP contribution in [0.1, 0.15) is 54.9 Å². The molecule has 8 nitrogen and oxygen atoms in total. The second-order valence-corrected chi connectivity index (χ2v) is 6.83. The van der Waals surface area contributed by atoms with Crippen molar-refractivity contribution >= 4 is 29.3 Å². The predicted octanol–water partition coefficient (Wildman–Crippen LogP) is 2.23. The number of anilines is 1. The van der Waals surface area contributed by atoms with E-state index in [1.54, 1.807) is 30.0 Å². The molecule has 0 atom stereocenters. The number of fused-ring (bicyclic) bond motifs is 1. The molecule has 1 amide bonds. The summed E-state index contributed by atoms with van der Waals surface area (Å²) >= 11 is 0. The molecule has 2 aromatic rings. The Hall–Kier alpha value is -3.42. The summed E-state index contributed by atoms with van der Waals surface area (Å²) in [7, 11) is 2.57. The van der Waals surface area contributed by atoms with E-state index in [4.69, 9.17) is 9.47 Å². The van der Waals surface area contributed by atoms with Gasteiger partial charge in [-0.05, 0) is 42.7 Å². The van der Waals surface area contributed by atoms with Crippen LogP contribution in [0.15, 0.2) is 18.2 Å². The summed E-state index contributed by atoms with van der Waals surface area (Å²) in [5.41, 5.74) is 3.35. The van der Waals surface area contributed by atoms with Crippen molar-refractivity contribution in [2.45, 2.75) is 26.7 Å². The van der Waals surface area contributed by atoms with Gasteiger partial charge in [0.2, 0.25) is 5.91 Å². The number of methoxy groups -OCH3 is 2. The monoisotopic (exact) mass is 398 g/mol. The quantitative estimate of drug-likeness (QED) is 0.612. The summed E-state index contributed by atoms with van der Waals surface area (Å²) in [6.07, 6.45) is 0.523. The molecular formula is C21H22N2O6. The van der Waals surface area contributed by atoms with Crippen molar-refractivity contribution in [2.24, 2.45) is 0 Å². The molecule has 0 spiro atoms. The van der Waals surface area contributed by atoms with Crippen LogP contribution in [0.3, 0.4) is 0 Å². The topological polar surface area (TPSA) is 106 Å². The van der Waals surface area contributed by atoms with Crippen molar-refractivity contribution < 1.29 is 28.7 Å². The fourth-order valence-electron chi connectivity index (χ4n) is 3.67. The molecule has 1 aliphatic heterocycles. The number of carbonyl (C=O) groups excluding carboxylic acids is 4. The highest BCUT2D eigenvalue weighted by Gasteiger charge is 2.29. The number of H-pyrrole nitrogens is 1. The van der Waals surface area contributed by atoms with E-state index in [0.29, 0.717) is 29.8 Å². The number of aromatic amines is 1. The van der Waals surface area contributed by atoms with E-state index < -0.39 is 11.9 Å². The van der Waals surface area contributed by atoms with Crippen LogP contribution >= 0.6 is 0 Å². The Balaban J connectivity index is 1.89. The zero-order valence-corrected chi connectivity index (χ0v) is 16.8. The van der Waals surface area contributed by atoms with Crippen LogP contribution in [0, 0.1) is 6.92 Å². The summed E-state index contributed by atoms with van der Waals surface area (Å²) in [6, 6.07) is 5.05. The maximum absolute atomic E-state index is 13.0. The number of nitrogens with one attached hydrogen (secondary N) is 1. The lowest BCUT2D eigenvalue weighted by molar-refractivity contribution is -0.117. The van der Waals surface area contributed by atoms with Crippen molar-refractivity contribution in [3.05, 3.63) is 51.8 Å². The Morgan fingerprint density at radius 2 is 1.79 bits per heavy atom. The van der Waals surface area contributed by atoms with Gasteiger partial charge in [0.05, 0.1) is 37.5 Å². The average molecular weight is 398 g/mol. The minimum atomic E-state index is -0.599. The first kappa shape index (κ1) is 20.3. The SMILES string of the molecule is COC(=O)c1ccc2c(c1)CCN2C(=O)Cc1[nH]c(C(C)=O)c(C)c1C(=O)OC. The predicted molar refractivity (Wildman–Crippen MR) is 104 cm³/mol. The maximum Gasteiger partial charge on any atom is 0.339 e. The Labute approximate surface area is 167 Å². The molecule has 1 aromatic carbocycles. The van der Waals surface area contributed by atoms with Gasteiger partial charge in [-0.3, -0.25) is 9.59 Å². The van der Waals surface area contributed by atoms with E-state index in [0.717, 1.165) is 11.3 Å². The number of Topliss-reactive ketones (excluding diaryl/α,β-unsaturated/α-hetero) is 1. The Bertz CT molecular complexity index is 1020. The molecule has 0 saturated carbocycles. The summed E-state index contributed by atoms with van der Waals surface area (Å²) in [5, 5.41) is 0. The molecule has 1 aliphatic rings. The fraction of sp³-hybridized carbons (Fsp3) is 0.333. The number of hydrogen-bond donors (Lipinski definition) is 1. The van der Waals surface area contributed by atoms with E-state index in [1.807, 2.05) is 0 Å². The molecule has 1 aromatic heterocycles. The van der Waals surface area contributed by atoms with Crippen LogP contribution in [-0.2, 0) is 27.1 Å². The fourth-order valence-corrected chi connectivity index (χ4v) is 3.67. The van der Waals surface area contributed by atoms with Gasteiger partial charge in [-0.1, -0.05) is 0 Å². The number of benzene rings is 1. The molecule has 152 valence electrons. The molecule has 2 heterocycles. The highest BCUT2D eigenvalue weighted by atomic mass is 16.5. The van der Waals surface area contributed by atoms with Crippen molar-refractivity contribution in [3.63, 3.8) is 0 Å². The van der Waals surface area contributed by atoms with Gasteiger partial charge in [-0.15, -0.1) is 0 Å². The zero-order valence-electron chi connectivity index (χ0n) is 16.8. The number of ketones is 1. The lowest BCUT2D eigenvalue weighted by atomic mass is 10.1. The molecule has 0 saturated heterocycles. The van der Waals surface area contributed by atoms with Crippen molar-refractivity contribution in [1.82, 2.24) is 4.98 Å². The minimum Gasteiger partial charge on any atom is -0.465 e. The van der Waals surface area contributed by atoms with Gasteiger partial charge in [0.25, 0.3) is 0 Å². The van der Waals surface area contributed by atoms with Crippen LogP contribution < -0.4 is 4.90 Å². The highest BCUT2D eigenvalue weighted by molar-refractivity contribution is 6.03. The summed E-state index contributed by atoms with van der Waals surface area (Å²) in [5.74, 6) is -1.48. The van der Waals surface area contributed by atoms with Crippen LogP contribution in [0.2, 0.25) is 0 Å². The first-order valence-corrected chi connectivity index (χ1v) is 9.10. The molecule has 1 N–H and O–H groups in total. The third kappa shape index (κ3) is 3.65. The van der Waals surface area contributed by atoms with Crippen molar-refractivity contribution in [3.8, 4) is 0 Å². The van der Waals surface area contributed by atoms with E-state index in [2.05, 4.69) is 4.98 Å². The van der Waals surface area contributed by atoms with Gasteiger partial charge in [0, 0.05) is 24.8 Å². The van der Waals surface area contributed by atoms with Gasteiger partial charge < -0.3 is 19.4 Å². The van der Waals surface area contributed by atoms with E-state index >= 15 is 0 Å². The third-order valence-corrected chi connectivity index (χ3v) is 5.09. The van der Waals surface area contributed by atoms with Gasteiger partial charge in [0.1, 0.15) is 0 Å². The van der Waals surface area contributed by atoms with Crippen molar-refractivity contribution in [1.29, 1.82) is 0 Å². The van der Waals surface area contributed by atoms with E-state index in [-0.39, 0.29) is 29.4 Å². The lowest BCUT2D eigenvalue weighted by Gasteiger charge is -2.17. The second-order valence-electron chi connectivity index (χ2n) is 6.83. The number of ether oxygens (including phenoxy) is 2. The summed E-state index contributed by atoms with van der Waals surface area (Å²) in [4.78, 5) is 53.3. The zero-order chi connectivity index (χ0) is 21.3. The first-order valence-electron chi connectivity index (χ1n) is 9.10. The lowest BCUT2D eigenvalue weighted by Crippen LogP contribution is -2.31. The minimum absolute atomic E-state index is 0.0866. The van der Waals surface area contributed by atoms with Crippen LogP contribution in [0.25, 0.3) is 0 Å². The molecule has 0 bridgehead atoms. The number of rotatable bonds is 5. The maximum atomic E-state index is 13.0. The van der Waals surface area contributed by atoms with Crippen LogP contribution in [0.5, 0.6) is 0 Å². The Morgan fingerprint density at radius 3 is 2.41 bits per heavy atom. The Kier molecular flexibility index (Phi) is 5.54. The molecule has 0 aliphatic carbocycles. The second kappa shape index (κ2) is 7.90. The number of hydrogen-bond acceptors (Lipinski definition) is 6. The van der Waals surface area contributed by atoms with Crippen LogP contribution in [0.4, 0.5) is 5.69 Å². The van der Waals surface area contributed by atoms with Gasteiger partial charge in [-0.25, -0.2) is 9.59 Å². The number of esters is 2. The molecular weight excluding hydrogens is 376 g/mol. The first-order chi connectivity index (χ1) is 13.8. The molecule has 3 rings (SSSR count). The van der Waals surface area contributed by atoms with Gasteiger partial charge >= 0.3 is 11.9 Å². The highest BCUT2D eigenvalue weighted by Crippen LogP contribution is 2.30. The Morgan fingerprint density at radius 1 is 1.10 bits per heavy atom. The summed E-state index contributed by atoms with van der Waals surface area (Å²) in [6.45, 7) is 3.50. The molecule has 29 heavy (non-hydrogen) atoms. The third-order valence-electron chi connectivity index (χ3n) is 5.09. The normalized spacial score (nSPS) is 12.5. The number of aromatic nitrogens is 1. The largest absolute Gasteiger partial charge is 0.465 e. The number of carbonyl (C=O) groups is 4.